The van der Waals surface area contributed by atoms with Crippen LogP contribution in [0.1, 0.15) is 19.3 Å². The summed E-state index contributed by atoms with van der Waals surface area (Å²) in [7, 11) is 0. The van der Waals surface area contributed by atoms with Gasteiger partial charge in [-0.25, -0.2) is 0 Å². The average Bonchev–Trinajstić information content (AvgIpc) is 2.15. The fourth-order valence-corrected chi connectivity index (χ4v) is 1.75. The van der Waals surface area contributed by atoms with E-state index in [9.17, 15) is 4.79 Å². The van der Waals surface area contributed by atoms with E-state index in [4.69, 9.17) is 10.2 Å². The lowest BCUT2D eigenvalue weighted by atomic mass is 9.98. The van der Waals surface area contributed by atoms with Gasteiger partial charge >= 0.3 is 5.97 Å². The first kappa shape index (κ1) is 10.5. The van der Waals surface area contributed by atoms with Crippen LogP contribution in [-0.4, -0.2) is 47.3 Å². The highest BCUT2D eigenvalue weighted by molar-refractivity contribution is 5.70. The van der Waals surface area contributed by atoms with Crippen molar-refractivity contribution in [2.75, 3.05) is 26.2 Å². The van der Waals surface area contributed by atoms with Crippen molar-refractivity contribution in [3.05, 3.63) is 0 Å². The van der Waals surface area contributed by atoms with E-state index in [1.54, 1.807) is 0 Å². The number of nitrogens with zero attached hydrogens (tertiary/aromatic N) is 1. The van der Waals surface area contributed by atoms with Crippen molar-refractivity contribution in [1.29, 1.82) is 0 Å². The van der Waals surface area contributed by atoms with Crippen LogP contribution in [-0.2, 0) is 4.79 Å². The Morgan fingerprint density at radius 3 is 2.92 bits per heavy atom. The SMILES string of the molecule is O=C(O)C1CCCN(CCCO)C1. The molecule has 0 aromatic carbocycles. The van der Waals surface area contributed by atoms with E-state index >= 15 is 0 Å². The third-order valence-electron chi connectivity index (χ3n) is 2.49. The molecular formula is C9H17NO3. The summed E-state index contributed by atoms with van der Waals surface area (Å²) in [5.74, 6) is -0.888. The monoisotopic (exact) mass is 187 g/mol. The molecule has 0 amide bonds. The number of rotatable bonds is 4. The van der Waals surface area contributed by atoms with Crippen LogP contribution in [0.5, 0.6) is 0 Å². The average molecular weight is 187 g/mol. The van der Waals surface area contributed by atoms with E-state index in [-0.39, 0.29) is 12.5 Å². The zero-order valence-corrected chi connectivity index (χ0v) is 7.78. The molecule has 1 unspecified atom stereocenters. The van der Waals surface area contributed by atoms with Gasteiger partial charge in [0.25, 0.3) is 0 Å². The normalized spacial score (nSPS) is 24.5. The minimum absolute atomic E-state index is 0.189. The quantitative estimate of drug-likeness (QED) is 0.658. The summed E-state index contributed by atoms with van der Waals surface area (Å²) in [5.41, 5.74) is 0. The number of aliphatic carboxylic acids is 1. The molecule has 0 bridgehead atoms. The van der Waals surface area contributed by atoms with Crippen molar-refractivity contribution < 1.29 is 15.0 Å². The number of aliphatic hydroxyl groups is 1. The van der Waals surface area contributed by atoms with Gasteiger partial charge in [0.1, 0.15) is 0 Å². The lowest BCUT2D eigenvalue weighted by Gasteiger charge is -2.30. The van der Waals surface area contributed by atoms with E-state index in [2.05, 4.69) is 4.90 Å². The second-order valence-electron chi connectivity index (χ2n) is 3.56. The van der Waals surface area contributed by atoms with Gasteiger partial charge in [-0.05, 0) is 25.8 Å². The van der Waals surface area contributed by atoms with Crippen LogP contribution in [0, 0.1) is 5.92 Å². The molecule has 0 aromatic heterocycles. The Morgan fingerprint density at radius 2 is 2.31 bits per heavy atom. The summed E-state index contributed by atoms with van der Waals surface area (Å²) in [6.45, 7) is 2.63. The Labute approximate surface area is 78.2 Å². The van der Waals surface area contributed by atoms with Crippen LogP contribution >= 0.6 is 0 Å². The molecule has 4 heteroatoms. The minimum atomic E-state index is -0.686. The highest BCUT2D eigenvalue weighted by atomic mass is 16.4. The topological polar surface area (TPSA) is 60.8 Å². The number of hydrogen-bond acceptors (Lipinski definition) is 3. The fourth-order valence-electron chi connectivity index (χ4n) is 1.75. The van der Waals surface area contributed by atoms with Gasteiger partial charge in [-0.1, -0.05) is 0 Å². The molecule has 1 rings (SSSR count). The Bertz CT molecular complexity index is 172. The molecule has 0 radical (unpaired) electrons. The third-order valence-corrected chi connectivity index (χ3v) is 2.49. The highest BCUT2D eigenvalue weighted by Crippen LogP contribution is 2.16. The van der Waals surface area contributed by atoms with Crippen molar-refractivity contribution in [2.45, 2.75) is 19.3 Å². The molecule has 0 saturated carbocycles. The van der Waals surface area contributed by atoms with E-state index in [1.165, 1.54) is 0 Å². The second kappa shape index (κ2) is 5.19. The summed E-state index contributed by atoms with van der Waals surface area (Å²) >= 11 is 0. The maximum absolute atomic E-state index is 10.7. The third kappa shape index (κ3) is 3.32. The van der Waals surface area contributed by atoms with Crippen LogP contribution < -0.4 is 0 Å². The summed E-state index contributed by atoms with van der Waals surface area (Å²) in [5, 5.41) is 17.4. The second-order valence-corrected chi connectivity index (χ2v) is 3.56. The standard InChI is InChI=1S/C9H17NO3/c11-6-2-5-10-4-1-3-8(7-10)9(12)13/h8,11H,1-7H2,(H,12,13). The summed E-state index contributed by atoms with van der Waals surface area (Å²) in [4.78, 5) is 12.8. The number of piperidine rings is 1. The molecule has 13 heavy (non-hydrogen) atoms. The number of hydrogen-bond donors (Lipinski definition) is 2. The van der Waals surface area contributed by atoms with Crippen LogP contribution in [0.15, 0.2) is 0 Å². The fraction of sp³-hybridized carbons (Fsp3) is 0.889. The summed E-state index contributed by atoms with van der Waals surface area (Å²) in [6, 6.07) is 0. The molecule has 1 heterocycles. The van der Waals surface area contributed by atoms with Crippen LogP contribution in [0.25, 0.3) is 0 Å². The van der Waals surface area contributed by atoms with Gasteiger partial charge < -0.3 is 15.1 Å². The Hall–Kier alpha value is -0.610. The molecule has 1 aliphatic rings. The lowest BCUT2D eigenvalue weighted by Crippen LogP contribution is -2.39. The summed E-state index contributed by atoms with van der Waals surface area (Å²) in [6.07, 6.45) is 2.50. The maximum Gasteiger partial charge on any atom is 0.307 e. The van der Waals surface area contributed by atoms with Gasteiger partial charge in [0.15, 0.2) is 0 Å². The van der Waals surface area contributed by atoms with Gasteiger partial charge in [0.2, 0.25) is 0 Å². The molecule has 1 saturated heterocycles. The number of carboxylic acid groups (broad SMARTS) is 1. The first-order valence-corrected chi connectivity index (χ1v) is 4.80. The van der Waals surface area contributed by atoms with Crippen LogP contribution in [0.3, 0.4) is 0 Å². The zero-order chi connectivity index (χ0) is 9.68. The molecule has 0 aromatic rings. The Morgan fingerprint density at radius 1 is 1.54 bits per heavy atom. The molecule has 1 fully saturated rings. The number of carbonyl (C=O) groups is 1. The first-order valence-electron chi connectivity index (χ1n) is 4.80. The molecule has 4 nitrogen and oxygen atoms in total. The molecular weight excluding hydrogens is 170 g/mol. The van der Waals surface area contributed by atoms with Gasteiger partial charge in [-0.15, -0.1) is 0 Å². The van der Waals surface area contributed by atoms with E-state index in [1.807, 2.05) is 0 Å². The van der Waals surface area contributed by atoms with Gasteiger partial charge in [0.05, 0.1) is 5.92 Å². The number of carboxylic acids is 1. The highest BCUT2D eigenvalue weighted by Gasteiger charge is 2.24. The molecule has 0 spiro atoms. The maximum atomic E-state index is 10.7. The van der Waals surface area contributed by atoms with Crippen molar-refractivity contribution in [1.82, 2.24) is 4.90 Å². The van der Waals surface area contributed by atoms with Gasteiger partial charge in [0, 0.05) is 19.7 Å². The predicted octanol–water partition coefficient (Wildman–Crippen LogP) is 0.165. The number of likely N-dealkylation sites (tertiary alicyclic amines) is 1. The van der Waals surface area contributed by atoms with Crippen molar-refractivity contribution in [3.63, 3.8) is 0 Å². The van der Waals surface area contributed by atoms with E-state index in [0.717, 1.165) is 32.4 Å². The van der Waals surface area contributed by atoms with Crippen LogP contribution in [0.2, 0.25) is 0 Å². The smallest absolute Gasteiger partial charge is 0.307 e. The Kier molecular flexibility index (Phi) is 4.18. The lowest BCUT2D eigenvalue weighted by molar-refractivity contribution is -0.143. The van der Waals surface area contributed by atoms with Crippen molar-refractivity contribution in [2.24, 2.45) is 5.92 Å². The summed E-state index contributed by atoms with van der Waals surface area (Å²) < 4.78 is 0. The molecule has 2 N–H and O–H groups in total. The first-order chi connectivity index (χ1) is 6.24. The molecule has 76 valence electrons. The van der Waals surface area contributed by atoms with E-state index in [0.29, 0.717) is 6.54 Å². The van der Waals surface area contributed by atoms with Crippen molar-refractivity contribution >= 4 is 5.97 Å². The van der Waals surface area contributed by atoms with Gasteiger partial charge in [-0.2, -0.15) is 0 Å². The van der Waals surface area contributed by atoms with Gasteiger partial charge in [-0.3, -0.25) is 4.79 Å². The largest absolute Gasteiger partial charge is 0.481 e. The number of aliphatic hydroxyl groups excluding tert-OH is 1. The predicted molar refractivity (Wildman–Crippen MR) is 48.5 cm³/mol. The zero-order valence-electron chi connectivity index (χ0n) is 7.78. The Balaban J connectivity index is 2.29. The molecule has 1 aliphatic heterocycles. The van der Waals surface area contributed by atoms with E-state index < -0.39 is 5.97 Å². The molecule has 0 aliphatic carbocycles. The van der Waals surface area contributed by atoms with Crippen LogP contribution in [0.4, 0.5) is 0 Å². The van der Waals surface area contributed by atoms with Crippen molar-refractivity contribution in [3.8, 4) is 0 Å². The minimum Gasteiger partial charge on any atom is -0.481 e. The molecule has 1 atom stereocenters.